The number of fused-ring (bicyclic) bond motifs is 1. The van der Waals surface area contributed by atoms with Gasteiger partial charge in [-0.25, -0.2) is 4.79 Å². The summed E-state index contributed by atoms with van der Waals surface area (Å²) in [7, 11) is 0. The van der Waals surface area contributed by atoms with Crippen molar-refractivity contribution in [3.05, 3.63) is 41.5 Å². The predicted octanol–water partition coefficient (Wildman–Crippen LogP) is 4.73. The van der Waals surface area contributed by atoms with Crippen molar-refractivity contribution >= 4 is 12.2 Å². The third-order valence-corrected chi connectivity index (χ3v) is 5.38. The van der Waals surface area contributed by atoms with Crippen molar-refractivity contribution in [3.63, 3.8) is 0 Å². The van der Waals surface area contributed by atoms with E-state index >= 15 is 0 Å². The summed E-state index contributed by atoms with van der Waals surface area (Å²) < 4.78 is 11.3. The van der Waals surface area contributed by atoms with E-state index in [1.54, 1.807) is 4.90 Å². The maximum Gasteiger partial charge on any atom is 0.412 e. The largest absolute Gasteiger partial charge is 0.449 e. The number of benzene rings is 1. The van der Waals surface area contributed by atoms with Crippen molar-refractivity contribution < 1.29 is 14.3 Å². The molecule has 1 aromatic carbocycles. The Labute approximate surface area is 150 Å². The van der Waals surface area contributed by atoms with Crippen LogP contribution in [0.2, 0.25) is 0 Å². The van der Waals surface area contributed by atoms with E-state index in [4.69, 9.17) is 9.47 Å². The molecule has 0 saturated carbocycles. The van der Waals surface area contributed by atoms with E-state index < -0.39 is 5.72 Å². The summed E-state index contributed by atoms with van der Waals surface area (Å²) in [5.74, 6) is 0. The molecule has 1 aromatic rings. The zero-order valence-corrected chi connectivity index (χ0v) is 16.0. The molecular weight excluding hydrogens is 314 g/mol. The Morgan fingerprint density at radius 3 is 2.60 bits per heavy atom. The second kappa shape index (κ2) is 6.17. The molecule has 136 valence electrons. The molecule has 0 radical (unpaired) electrons. The number of carbonyl (C=O) groups is 1. The van der Waals surface area contributed by atoms with Gasteiger partial charge in [0, 0.05) is 5.41 Å². The van der Waals surface area contributed by atoms with E-state index in [2.05, 4.69) is 43.3 Å². The van der Waals surface area contributed by atoms with Crippen molar-refractivity contribution in [2.45, 2.75) is 64.1 Å². The number of hydrogen-bond donors (Lipinski definition) is 0. The SMILES string of the molecule is CC1(C)COC(C)(C)N1C(=O)OCCC[C@]1(C)C=Cc2ccccc21. The molecule has 1 heterocycles. The van der Waals surface area contributed by atoms with Crippen LogP contribution < -0.4 is 0 Å². The van der Waals surface area contributed by atoms with Gasteiger partial charge in [-0.3, -0.25) is 4.90 Å². The number of rotatable bonds is 4. The Kier molecular flexibility index (Phi) is 4.44. The quantitative estimate of drug-likeness (QED) is 0.742. The molecule has 1 fully saturated rings. The van der Waals surface area contributed by atoms with Crippen LogP contribution in [-0.2, 0) is 14.9 Å². The lowest BCUT2D eigenvalue weighted by Gasteiger charge is -2.36. The molecular formula is C21H29NO3. The maximum atomic E-state index is 12.6. The number of carbonyl (C=O) groups excluding carboxylic acids is 1. The lowest BCUT2D eigenvalue weighted by molar-refractivity contribution is -0.0519. The highest BCUT2D eigenvalue weighted by atomic mass is 16.6. The number of hydrogen-bond acceptors (Lipinski definition) is 3. The van der Waals surface area contributed by atoms with Gasteiger partial charge in [0.2, 0.25) is 0 Å². The summed E-state index contributed by atoms with van der Waals surface area (Å²) in [5.41, 5.74) is 1.70. The fraction of sp³-hybridized carbons (Fsp3) is 0.571. The third-order valence-electron chi connectivity index (χ3n) is 5.38. The van der Waals surface area contributed by atoms with Crippen LogP contribution in [0.3, 0.4) is 0 Å². The van der Waals surface area contributed by atoms with Crippen LogP contribution >= 0.6 is 0 Å². The fourth-order valence-corrected chi connectivity index (χ4v) is 4.09. The molecule has 25 heavy (non-hydrogen) atoms. The van der Waals surface area contributed by atoms with Gasteiger partial charge in [-0.05, 0) is 51.7 Å². The minimum absolute atomic E-state index is 0.0261. The molecule has 3 rings (SSSR count). The van der Waals surface area contributed by atoms with Crippen LogP contribution in [0.25, 0.3) is 6.08 Å². The molecule has 4 heteroatoms. The highest BCUT2D eigenvalue weighted by molar-refractivity contribution is 5.70. The van der Waals surface area contributed by atoms with Gasteiger partial charge in [0.1, 0.15) is 5.72 Å². The molecule has 1 saturated heterocycles. The summed E-state index contributed by atoms with van der Waals surface area (Å²) in [5, 5.41) is 0. The number of ether oxygens (including phenoxy) is 2. The van der Waals surface area contributed by atoms with Crippen LogP contribution in [0.1, 0.15) is 58.6 Å². The summed E-state index contributed by atoms with van der Waals surface area (Å²) in [4.78, 5) is 14.3. The van der Waals surface area contributed by atoms with Crippen LogP contribution in [0.5, 0.6) is 0 Å². The van der Waals surface area contributed by atoms with Gasteiger partial charge in [-0.2, -0.15) is 0 Å². The van der Waals surface area contributed by atoms with Gasteiger partial charge < -0.3 is 9.47 Å². The van der Waals surface area contributed by atoms with E-state index in [1.165, 1.54) is 11.1 Å². The van der Waals surface area contributed by atoms with Gasteiger partial charge in [0.15, 0.2) is 0 Å². The molecule has 1 amide bonds. The average Bonchev–Trinajstić information content (AvgIpc) is 2.99. The predicted molar refractivity (Wildman–Crippen MR) is 99.4 cm³/mol. The van der Waals surface area contributed by atoms with E-state index in [-0.39, 0.29) is 17.0 Å². The second-order valence-corrected chi connectivity index (χ2v) is 8.44. The van der Waals surface area contributed by atoms with Crippen LogP contribution in [0.15, 0.2) is 30.3 Å². The molecule has 0 bridgehead atoms. The number of allylic oxidation sites excluding steroid dienone is 1. The second-order valence-electron chi connectivity index (χ2n) is 8.44. The van der Waals surface area contributed by atoms with Crippen LogP contribution in [0, 0.1) is 0 Å². The molecule has 0 aromatic heterocycles. The molecule has 1 aliphatic carbocycles. The third kappa shape index (κ3) is 3.32. The molecule has 0 spiro atoms. The minimum Gasteiger partial charge on any atom is -0.449 e. The van der Waals surface area contributed by atoms with E-state index in [0.717, 1.165) is 12.8 Å². The van der Waals surface area contributed by atoms with Crippen LogP contribution in [0.4, 0.5) is 4.79 Å². The van der Waals surface area contributed by atoms with E-state index in [0.29, 0.717) is 13.2 Å². The molecule has 0 N–H and O–H groups in total. The first-order valence-electron chi connectivity index (χ1n) is 9.06. The van der Waals surface area contributed by atoms with Gasteiger partial charge in [-0.1, -0.05) is 43.3 Å². The summed E-state index contributed by atoms with van der Waals surface area (Å²) in [6, 6.07) is 8.49. The van der Waals surface area contributed by atoms with Crippen LogP contribution in [-0.4, -0.2) is 35.5 Å². The van der Waals surface area contributed by atoms with Crippen molar-refractivity contribution in [2.24, 2.45) is 0 Å². The topological polar surface area (TPSA) is 38.8 Å². The normalized spacial score (nSPS) is 25.9. The molecule has 1 aliphatic heterocycles. The van der Waals surface area contributed by atoms with Gasteiger partial charge in [0.05, 0.1) is 18.8 Å². The first-order valence-corrected chi connectivity index (χ1v) is 9.06. The molecule has 4 nitrogen and oxygen atoms in total. The van der Waals surface area contributed by atoms with Crippen molar-refractivity contribution in [2.75, 3.05) is 13.2 Å². The smallest absolute Gasteiger partial charge is 0.412 e. The Hall–Kier alpha value is -1.81. The zero-order chi connectivity index (χ0) is 18.3. The van der Waals surface area contributed by atoms with Gasteiger partial charge >= 0.3 is 6.09 Å². The Morgan fingerprint density at radius 1 is 1.20 bits per heavy atom. The monoisotopic (exact) mass is 343 g/mol. The Balaban J connectivity index is 1.54. The Bertz CT molecular complexity index is 676. The lowest BCUT2D eigenvalue weighted by atomic mass is 9.81. The fourth-order valence-electron chi connectivity index (χ4n) is 4.09. The summed E-state index contributed by atoms with van der Waals surface area (Å²) in [6.45, 7) is 11.0. The number of amides is 1. The standard InChI is InChI=1S/C21H29NO3/c1-19(2)15-25-20(3,4)22(19)18(23)24-14-8-12-21(5)13-11-16-9-6-7-10-17(16)21/h6-7,9-11,13H,8,12,14-15H2,1-5H3/t21-/m1/s1. The van der Waals surface area contributed by atoms with E-state index in [9.17, 15) is 4.79 Å². The summed E-state index contributed by atoms with van der Waals surface area (Å²) in [6.07, 6.45) is 5.95. The first-order chi connectivity index (χ1) is 11.7. The zero-order valence-electron chi connectivity index (χ0n) is 16.0. The lowest BCUT2D eigenvalue weighted by Crippen LogP contribution is -2.52. The number of nitrogens with zero attached hydrogens (tertiary/aromatic N) is 1. The Morgan fingerprint density at radius 2 is 1.92 bits per heavy atom. The molecule has 1 atom stereocenters. The highest BCUT2D eigenvalue weighted by Gasteiger charge is 2.49. The van der Waals surface area contributed by atoms with Crippen molar-refractivity contribution in [1.29, 1.82) is 0 Å². The maximum absolute atomic E-state index is 12.6. The first kappa shape index (κ1) is 18.0. The minimum atomic E-state index is -0.625. The molecule has 0 unspecified atom stereocenters. The average molecular weight is 343 g/mol. The van der Waals surface area contributed by atoms with Gasteiger partial charge in [-0.15, -0.1) is 0 Å². The van der Waals surface area contributed by atoms with Gasteiger partial charge in [0.25, 0.3) is 0 Å². The van der Waals surface area contributed by atoms with Crippen molar-refractivity contribution in [1.82, 2.24) is 4.90 Å². The van der Waals surface area contributed by atoms with E-state index in [1.807, 2.05) is 27.7 Å². The van der Waals surface area contributed by atoms with Crippen molar-refractivity contribution in [3.8, 4) is 0 Å². The molecule has 2 aliphatic rings. The highest BCUT2D eigenvalue weighted by Crippen LogP contribution is 2.39. The summed E-state index contributed by atoms with van der Waals surface area (Å²) >= 11 is 0.